The first-order valence-electron chi connectivity index (χ1n) is 6.21. The average molecular weight is 277 g/mol. The number of nitrogens with one attached hydrogen (secondary N) is 2. The molecular formula is C13H15N3O4. The summed E-state index contributed by atoms with van der Waals surface area (Å²) >= 11 is 0. The Balaban J connectivity index is 2.06. The van der Waals surface area contributed by atoms with Gasteiger partial charge in [0.05, 0.1) is 18.0 Å². The van der Waals surface area contributed by atoms with Crippen LogP contribution in [0.4, 0.5) is 16.2 Å². The second kappa shape index (κ2) is 6.05. The molecule has 2 N–H and O–H groups in total. The van der Waals surface area contributed by atoms with Crippen LogP contribution in [0.15, 0.2) is 24.3 Å². The molecule has 20 heavy (non-hydrogen) atoms. The third kappa shape index (κ3) is 3.05. The van der Waals surface area contributed by atoms with Crippen molar-refractivity contribution in [2.24, 2.45) is 0 Å². The van der Waals surface area contributed by atoms with E-state index in [-0.39, 0.29) is 25.6 Å². The molecule has 0 bridgehead atoms. The summed E-state index contributed by atoms with van der Waals surface area (Å²) in [5.74, 6) is -0.800. The van der Waals surface area contributed by atoms with E-state index in [9.17, 15) is 14.4 Å². The zero-order valence-corrected chi connectivity index (χ0v) is 11.0. The van der Waals surface area contributed by atoms with Crippen LogP contribution in [0.3, 0.4) is 0 Å². The molecule has 1 aromatic carbocycles. The van der Waals surface area contributed by atoms with Crippen LogP contribution in [0.1, 0.15) is 6.92 Å². The minimum absolute atomic E-state index is 0.0916. The number of hydrogen-bond acceptors (Lipinski definition) is 4. The molecule has 0 spiro atoms. The molecule has 0 saturated carbocycles. The molecule has 0 saturated heterocycles. The van der Waals surface area contributed by atoms with E-state index in [1.807, 2.05) is 0 Å². The predicted molar refractivity (Wildman–Crippen MR) is 72.4 cm³/mol. The Labute approximate surface area is 115 Å². The van der Waals surface area contributed by atoms with Crippen molar-refractivity contribution in [3.8, 4) is 0 Å². The largest absolute Gasteiger partial charge is 0.465 e. The van der Waals surface area contributed by atoms with Gasteiger partial charge in [-0.25, -0.2) is 4.79 Å². The first kappa shape index (κ1) is 13.9. The number of carbonyl (C=O) groups excluding carboxylic acids is 3. The van der Waals surface area contributed by atoms with Gasteiger partial charge >= 0.3 is 12.0 Å². The number of rotatable bonds is 3. The second-order valence-corrected chi connectivity index (χ2v) is 4.12. The average Bonchev–Trinajstić information content (AvgIpc) is 2.44. The molecule has 7 nitrogen and oxygen atoms in total. The molecular weight excluding hydrogens is 262 g/mol. The van der Waals surface area contributed by atoms with Crippen molar-refractivity contribution in [1.82, 2.24) is 5.32 Å². The fourth-order valence-electron chi connectivity index (χ4n) is 1.87. The highest BCUT2D eigenvalue weighted by Gasteiger charge is 2.26. The van der Waals surface area contributed by atoms with Gasteiger partial charge in [0.1, 0.15) is 13.1 Å². The molecule has 0 atom stereocenters. The Kier molecular flexibility index (Phi) is 4.19. The SMILES string of the molecule is CCOC(=O)CNC(=O)N1CC(=O)Nc2ccccc21. The van der Waals surface area contributed by atoms with E-state index >= 15 is 0 Å². The van der Waals surface area contributed by atoms with Crippen LogP contribution in [-0.2, 0) is 14.3 Å². The molecule has 3 amide bonds. The van der Waals surface area contributed by atoms with E-state index < -0.39 is 12.0 Å². The minimum atomic E-state index is -0.518. The third-order valence-corrected chi connectivity index (χ3v) is 2.71. The number of hydrogen-bond donors (Lipinski definition) is 2. The van der Waals surface area contributed by atoms with Crippen LogP contribution in [0, 0.1) is 0 Å². The standard InChI is InChI=1S/C13H15N3O4/c1-2-20-12(18)7-14-13(19)16-8-11(17)15-9-5-3-4-6-10(9)16/h3-6H,2,7-8H2,1H3,(H,14,19)(H,15,17). The number of urea groups is 1. The maximum Gasteiger partial charge on any atom is 0.325 e. The fourth-order valence-corrected chi connectivity index (χ4v) is 1.87. The van der Waals surface area contributed by atoms with Gasteiger partial charge in [0.15, 0.2) is 0 Å². The van der Waals surface area contributed by atoms with E-state index in [2.05, 4.69) is 10.6 Å². The Bertz CT molecular complexity index is 544. The molecule has 0 fully saturated rings. The van der Waals surface area contributed by atoms with E-state index in [1.54, 1.807) is 31.2 Å². The summed E-state index contributed by atoms with van der Waals surface area (Å²) < 4.78 is 4.72. The number of benzene rings is 1. The Morgan fingerprint density at radius 2 is 2.15 bits per heavy atom. The molecule has 0 aromatic heterocycles. The number of fused-ring (bicyclic) bond motifs is 1. The van der Waals surface area contributed by atoms with E-state index in [4.69, 9.17) is 4.74 Å². The third-order valence-electron chi connectivity index (χ3n) is 2.71. The van der Waals surface area contributed by atoms with Gasteiger partial charge in [-0.15, -0.1) is 0 Å². The van der Waals surface area contributed by atoms with Crippen molar-refractivity contribution in [1.29, 1.82) is 0 Å². The first-order valence-corrected chi connectivity index (χ1v) is 6.21. The van der Waals surface area contributed by atoms with Crippen LogP contribution in [-0.4, -0.2) is 37.6 Å². The van der Waals surface area contributed by atoms with Gasteiger partial charge in [0.25, 0.3) is 0 Å². The number of amides is 3. The summed E-state index contributed by atoms with van der Waals surface area (Å²) in [6.07, 6.45) is 0. The van der Waals surface area contributed by atoms with Crippen LogP contribution in [0.25, 0.3) is 0 Å². The minimum Gasteiger partial charge on any atom is -0.465 e. The monoisotopic (exact) mass is 277 g/mol. The van der Waals surface area contributed by atoms with Crippen LogP contribution in [0.2, 0.25) is 0 Å². The summed E-state index contributed by atoms with van der Waals surface area (Å²) in [6, 6.07) is 6.44. The number of para-hydroxylation sites is 2. The van der Waals surface area contributed by atoms with Crippen molar-refractivity contribution < 1.29 is 19.1 Å². The van der Waals surface area contributed by atoms with Crippen molar-refractivity contribution in [3.05, 3.63) is 24.3 Å². The quantitative estimate of drug-likeness (QED) is 0.797. The van der Waals surface area contributed by atoms with E-state index in [0.29, 0.717) is 11.4 Å². The molecule has 106 valence electrons. The molecule has 7 heteroatoms. The summed E-state index contributed by atoms with van der Waals surface area (Å²) in [5, 5.41) is 5.11. The van der Waals surface area contributed by atoms with Crippen LogP contribution in [0.5, 0.6) is 0 Å². The number of carbonyl (C=O) groups is 3. The zero-order chi connectivity index (χ0) is 14.5. The lowest BCUT2D eigenvalue weighted by Gasteiger charge is -2.28. The number of esters is 1. The van der Waals surface area contributed by atoms with Gasteiger partial charge in [-0.3, -0.25) is 14.5 Å². The zero-order valence-electron chi connectivity index (χ0n) is 11.0. The molecule has 0 radical (unpaired) electrons. The molecule has 0 aliphatic carbocycles. The van der Waals surface area contributed by atoms with Gasteiger partial charge < -0.3 is 15.4 Å². The maximum absolute atomic E-state index is 12.0. The number of ether oxygens (including phenoxy) is 1. The summed E-state index contributed by atoms with van der Waals surface area (Å²) in [5.41, 5.74) is 1.16. The topological polar surface area (TPSA) is 87.7 Å². The predicted octanol–water partition coefficient (Wildman–Crippen LogP) is 0.718. The first-order chi connectivity index (χ1) is 9.61. The second-order valence-electron chi connectivity index (χ2n) is 4.12. The molecule has 1 aliphatic rings. The van der Waals surface area contributed by atoms with Gasteiger partial charge in [-0.05, 0) is 19.1 Å². The highest BCUT2D eigenvalue weighted by atomic mass is 16.5. The lowest BCUT2D eigenvalue weighted by molar-refractivity contribution is -0.141. The van der Waals surface area contributed by atoms with Gasteiger partial charge in [0.2, 0.25) is 5.91 Å². The van der Waals surface area contributed by atoms with E-state index in [1.165, 1.54) is 4.90 Å². The smallest absolute Gasteiger partial charge is 0.325 e. The maximum atomic E-state index is 12.0. The Hall–Kier alpha value is -2.57. The molecule has 2 rings (SSSR count). The van der Waals surface area contributed by atoms with Crippen molar-refractivity contribution in [2.75, 3.05) is 29.9 Å². The van der Waals surface area contributed by atoms with Gasteiger partial charge in [-0.2, -0.15) is 0 Å². The highest BCUT2D eigenvalue weighted by molar-refractivity contribution is 6.09. The van der Waals surface area contributed by atoms with Crippen molar-refractivity contribution >= 4 is 29.3 Å². The number of nitrogens with zero attached hydrogens (tertiary/aromatic N) is 1. The van der Waals surface area contributed by atoms with Crippen molar-refractivity contribution in [2.45, 2.75) is 6.92 Å². The molecule has 1 heterocycles. The van der Waals surface area contributed by atoms with Crippen LogP contribution >= 0.6 is 0 Å². The Morgan fingerprint density at radius 3 is 2.90 bits per heavy atom. The lowest BCUT2D eigenvalue weighted by atomic mass is 10.2. The summed E-state index contributed by atoms with van der Waals surface area (Å²) in [6.45, 7) is 1.62. The normalized spacial score (nSPS) is 13.2. The van der Waals surface area contributed by atoms with Gasteiger partial charge in [-0.1, -0.05) is 12.1 Å². The van der Waals surface area contributed by atoms with Crippen molar-refractivity contribution in [3.63, 3.8) is 0 Å². The van der Waals surface area contributed by atoms with E-state index in [0.717, 1.165) is 0 Å². The van der Waals surface area contributed by atoms with Crippen LogP contribution < -0.4 is 15.5 Å². The summed E-state index contributed by atoms with van der Waals surface area (Å²) in [4.78, 5) is 36.1. The summed E-state index contributed by atoms with van der Waals surface area (Å²) in [7, 11) is 0. The number of anilines is 2. The van der Waals surface area contributed by atoms with Gasteiger partial charge in [0, 0.05) is 0 Å². The highest BCUT2D eigenvalue weighted by Crippen LogP contribution is 2.28. The molecule has 1 aliphatic heterocycles. The molecule has 1 aromatic rings. The lowest BCUT2D eigenvalue weighted by Crippen LogP contribution is -2.48. The molecule has 0 unspecified atom stereocenters. The fraction of sp³-hybridized carbons (Fsp3) is 0.308. The Morgan fingerprint density at radius 1 is 1.40 bits per heavy atom.